The zero-order chi connectivity index (χ0) is 23.7. The average molecular weight is 457 g/mol. The summed E-state index contributed by atoms with van der Waals surface area (Å²) in [5.41, 5.74) is 1.89. The summed E-state index contributed by atoms with van der Waals surface area (Å²) >= 11 is 0. The molecule has 0 radical (unpaired) electrons. The second-order valence-electron chi connectivity index (χ2n) is 7.80. The Balaban J connectivity index is 1.79. The van der Waals surface area contributed by atoms with Crippen LogP contribution in [-0.4, -0.2) is 65.3 Å². The van der Waals surface area contributed by atoms with Gasteiger partial charge in [-0.3, -0.25) is 4.40 Å². The molecule has 1 fully saturated rings. The number of nitrogens with one attached hydrogen (secondary N) is 1. The number of amides is 1. The molecule has 1 N–H and O–H groups in total. The molecule has 4 rings (SSSR count). The van der Waals surface area contributed by atoms with Gasteiger partial charge in [-0.05, 0) is 25.1 Å². The number of hydrogen-bond acceptors (Lipinski definition) is 6. The minimum absolute atomic E-state index is 0.212. The number of carbonyl (C=O) groups excluding carboxylic acids is 1. The highest BCUT2D eigenvalue weighted by atomic mass is 19.1. The maximum Gasteiger partial charge on any atom is 0.409 e. The quantitative estimate of drug-likeness (QED) is 0.634. The largest absolute Gasteiger partial charge is 0.453 e. The lowest BCUT2D eigenvalue weighted by Gasteiger charge is -2.31. The van der Waals surface area contributed by atoms with E-state index in [1.807, 2.05) is 6.92 Å². The second kappa shape index (κ2) is 9.14. The lowest BCUT2D eigenvalue weighted by molar-refractivity contribution is -0.0240. The van der Waals surface area contributed by atoms with E-state index in [2.05, 4.69) is 21.9 Å². The molecular weight excluding hydrogens is 432 g/mol. The normalized spacial score (nSPS) is 16.2. The van der Waals surface area contributed by atoms with Crippen molar-refractivity contribution in [3.63, 3.8) is 0 Å². The van der Waals surface area contributed by atoms with Crippen molar-refractivity contribution < 1.29 is 23.0 Å². The molecule has 1 unspecified atom stereocenters. The van der Waals surface area contributed by atoms with E-state index in [4.69, 9.17) is 9.47 Å². The third-order valence-corrected chi connectivity index (χ3v) is 5.63. The Morgan fingerprint density at radius 3 is 2.73 bits per heavy atom. The van der Waals surface area contributed by atoms with Crippen LogP contribution in [-0.2, 0) is 15.9 Å². The van der Waals surface area contributed by atoms with Crippen molar-refractivity contribution in [2.75, 3.05) is 33.9 Å². The Morgan fingerprint density at radius 1 is 1.33 bits per heavy atom. The number of rotatable bonds is 5. The average Bonchev–Trinajstić information content (AvgIpc) is 3.14. The first-order valence-corrected chi connectivity index (χ1v) is 10.5. The number of ether oxygens (including phenoxy) is 2. The lowest BCUT2D eigenvalue weighted by Crippen LogP contribution is -2.46. The number of aryl methyl sites for hydroxylation is 1. The molecule has 3 aromatic rings. The first-order valence-electron chi connectivity index (χ1n) is 10.5. The minimum atomic E-state index is -0.745. The molecule has 1 atom stereocenters. The van der Waals surface area contributed by atoms with Crippen LogP contribution in [0.3, 0.4) is 0 Å². The van der Waals surface area contributed by atoms with Crippen molar-refractivity contribution in [1.29, 1.82) is 0 Å². The van der Waals surface area contributed by atoms with E-state index in [9.17, 15) is 4.79 Å². The van der Waals surface area contributed by atoms with Crippen molar-refractivity contribution in [3.8, 4) is 11.3 Å². The van der Waals surface area contributed by atoms with Crippen molar-refractivity contribution in [1.82, 2.24) is 24.6 Å². The maximum atomic E-state index is 15.3. The molecule has 1 saturated heterocycles. The predicted molar refractivity (Wildman–Crippen MR) is 119 cm³/mol. The molecule has 0 aliphatic carbocycles. The van der Waals surface area contributed by atoms with Gasteiger partial charge >= 0.3 is 6.09 Å². The van der Waals surface area contributed by atoms with Crippen LogP contribution in [0.1, 0.15) is 17.0 Å². The minimum Gasteiger partial charge on any atom is -0.453 e. The van der Waals surface area contributed by atoms with E-state index < -0.39 is 23.8 Å². The standard InChI is InChI=1S/C23H25F2N5O3/c1-13-5-6-30-21(20-17(24)9-15(10-18(20)25)14(2)26-3)19(28-22(30)27-13)11-16-12-29(7-8-33-16)23(31)32-4/h5-6,9-10,16,26H,2,7-8,11-12H2,1,3-4H3. The van der Waals surface area contributed by atoms with Crippen molar-refractivity contribution in [2.24, 2.45) is 0 Å². The molecule has 174 valence electrons. The fraction of sp³-hybridized carbons (Fsp3) is 0.348. The van der Waals surface area contributed by atoms with Crippen LogP contribution >= 0.6 is 0 Å². The van der Waals surface area contributed by atoms with Crippen LogP contribution in [0.4, 0.5) is 13.6 Å². The molecule has 0 bridgehead atoms. The highest BCUT2D eigenvalue weighted by Crippen LogP contribution is 2.33. The number of hydrogen-bond donors (Lipinski definition) is 1. The molecule has 1 amide bonds. The van der Waals surface area contributed by atoms with Crippen molar-refractivity contribution in [3.05, 3.63) is 59.6 Å². The van der Waals surface area contributed by atoms with Gasteiger partial charge in [0.05, 0.1) is 43.3 Å². The Labute approximate surface area is 189 Å². The number of carbonyl (C=O) groups is 1. The Kier molecular flexibility index (Phi) is 6.28. The van der Waals surface area contributed by atoms with Gasteiger partial charge in [0.1, 0.15) is 11.6 Å². The van der Waals surface area contributed by atoms with Crippen LogP contribution in [0.2, 0.25) is 0 Å². The van der Waals surface area contributed by atoms with Gasteiger partial charge in [0.15, 0.2) is 0 Å². The number of morpholine rings is 1. The predicted octanol–water partition coefficient (Wildman–Crippen LogP) is 3.18. The van der Waals surface area contributed by atoms with Gasteiger partial charge < -0.3 is 19.7 Å². The summed E-state index contributed by atoms with van der Waals surface area (Å²) in [5.74, 6) is -1.17. The molecule has 2 aromatic heterocycles. The van der Waals surface area contributed by atoms with E-state index in [1.54, 1.807) is 23.7 Å². The molecule has 3 heterocycles. The molecular formula is C23H25F2N5O3. The zero-order valence-corrected chi connectivity index (χ0v) is 18.7. The van der Waals surface area contributed by atoms with Gasteiger partial charge in [0.25, 0.3) is 0 Å². The van der Waals surface area contributed by atoms with E-state index in [-0.39, 0.29) is 24.2 Å². The third kappa shape index (κ3) is 4.38. The summed E-state index contributed by atoms with van der Waals surface area (Å²) in [7, 11) is 2.95. The van der Waals surface area contributed by atoms with Gasteiger partial charge in [0, 0.05) is 43.2 Å². The molecule has 33 heavy (non-hydrogen) atoms. The van der Waals surface area contributed by atoms with Gasteiger partial charge in [-0.15, -0.1) is 0 Å². The van der Waals surface area contributed by atoms with Gasteiger partial charge in [-0.25, -0.2) is 23.5 Å². The molecule has 1 aliphatic heterocycles. The molecule has 0 spiro atoms. The van der Waals surface area contributed by atoms with E-state index in [0.717, 1.165) is 5.69 Å². The zero-order valence-electron chi connectivity index (χ0n) is 18.7. The second-order valence-corrected chi connectivity index (χ2v) is 7.80. The van der Waals surface area contributed by atoms with Crippen LogP contribution in [0, 0.1) is 18.6 Å². The SMILES string of the molecule is C=C(NC)c1cc(F)c(-c2c(CC3CN(C(=O)OC)CCO3)nc3nc(C)ccn23)c(F)c1. The van der Waals surface area contributed by atoms with Crippen LogP contribution in [0.25, 0.3) is 22.7 Å². The smallest absolute Gasteiger partial charge is 0.409 e. The number of halogens is 2. The summed E-state index contributed by atoms with van der Waals surface area (Å²) < 4.78 is 42.7. The monoisotopic (exact) mass is 457 g/mol. The number of methoxy groups -OCH3 is 1. The highest BCUT2D eigenvalue weighted by Gasteiger charge is 2.29. The molecule has 0 saturated carbocycles. The van der Waals surface area contributed by atoms with Gasteiger partial charge in [-0.1, -0.05) is 6.58 Å². The Morgan fingerprint density at radius 2 is 2.06 bits per heavy atom. The topological polar surface area (TPSA) is 81.0 Å². The summed E-state index contributed by atoms with van der Waals surface area (Å²) in [6.45, 7) is 6.59. The third-order valence-electron chi connectivity index (χ3n) is 5.63. The van der Waals surface area contributed by atoms with E-state index in [1.165, 1.54) is 24.1 Å². The molecule has 1 aromatic carbocycles. The van der Waals surface area contributed by atoms with Gasteiger partial charge in [0.2, 0.25) is 5.78 Å². The van der Waals surface area contributed by atoms with E-state index in [0.29, 0.717) is 35.9 Å². The summed E-state index contributed by atoms with van der Waals surface area (Å²) in [6.07, 6.45) is 1.05. The Bertz CT molecular complexity index is 1200. The van der Waals surface area contributed by atoms with Crippen LogP contribution in [0.15, 0.2) is 31.0 Å². The van der Waals surface area contributed by atoms with Crippen LogP contribution < -0.4 is 5.32 Å². The van der Waals surface area contributed by atoms with Crippen molar-refractivity contribution >= 4 is 17.6 Å². The maximum absolute atomic E-state index is 15.3. The fourth-order valence-electron chi connectivity index (χ4n) is 3.94. The first kappa shape index (κ1) is 22.7. The van der Waals surface area contributed by atoms with E-state index >= 15 is 8.78 Å². The number of aromatic nitrogens is 3. The lowest BCUT2D eigenvalue weighted by atomic mass is 10.0. The summed E-state index contributed by atoms with van der Waals surface area (Å²) in [4.78, 5) is 22.4. The first-order chi connectivity index (χ1) is 15.8. The molecule has 10 heteroatoms. The summed E-state index contributed by atoms with van der Waals surface area (Å²) in [5, 5.41) is 2.80. The Hall–Kier alpha value is -3.53. The molecule has 8 nitrogen and oxygen atoms in total. The van der Waals surface area contributed by atoms with Crippen molar-refractivity contribution in [2.45, 2.75) is 19.4 Å². The highest BCUT2D eigenvalue weighted by molar-refractivity contribution is 5.72. The van der Waals surface area contributed by atoms with Crippen LogP contribution in [0.5, 0.6) is 0 Å². The number of fused-ring (bicyclic) bond motifs is 1. The summed E-state index contributed by atoms with van der Waals surface area (Å²) in [6, 6.07) is 4.21. The molecule has 1 aliphatic rings. The van der Waals surface area contributed by atoms with Gasteiger partial charge in [-0.2, -0.15) is 0 Å². The number of benzene rings is 1. The number of nitrogens with zero attached hydrogens (tertiary/aromatic N) is 4. The number of imidazole rings is 1. The fourth-order valence-corrected chi connectivity index (χ4v) is 3.94.